The third kappa shape index (κ3) is 5.29. The number of esters is 2. The molecule has 3 saturated carbocycles. The van der Waals surface area contributed by atoms with Crippen LogP contribution in [-0.4, -0.2) is 71.8 Å². The van der Waals surface area contributed by atoms with E-state index in [1.54, 1.807) is 12.4 Å². The second-order valence-corrected chi connectivity index (χ2v) is 17.1. The van der Waals surface area contributed by atoms with E-state index in [0.717, 1.165) is 69.2 Å². The van der Waals surface area contributed by atoms with Gasteiger partial charge in [0.1, 0.15) is 6.61 Å². The molecule has 0 saturated heterocycles. The Balaban J connectivity index is 1.29. The van der Waals surface area contributed by atoms with Crippen LogP contribution in [0.3, 0.4) is 0 Å². The summed E-state index contributed by atoms with van der Waals surface area (Å²) in [5.41, 5.74) is 2.31. The molecule has 9 nitrogen and oxygen atoms in total. The topological polar surface area (TPSA) is 128 Å². The van der Waals surface area contributed by atoms with Gasteiger partial charge < -0.3 is 24.4 Å². The number of hydrogen-bond acceptors (Lipinski definition) is 9. The number of fused-ring (bicyclic) bond motifs is 8. The molecule has 6 rings (SSSR count). The maximum atomic E-state index is 14.1. The van der Waals surface area contributed by atoms with Gasteiger partial charge in [-0.25, -0.2) is 4.79 Å². The fraction of sp³-hybridized carbons (Fsp3) is 0.789. The molecule has 0 aromatic carbocycles. The van der Waals surface area contributed by atoms with E-state index in [-0.39, 0.29) is 66.6 Å². The average Bonchev–Trinajstić information content (AvgIpc) is 3.03. The van der Waals surface area contributed by atoms with Crippen LogP contribution < -0.4 is 0 Å². The SMILES string of the molecule is CC1(C)CC[C@]2(C(=O)OCC(=O)OCCOCCO)CC[C@]3(C)C(=CC[C@@H]4[C@@]5(C)Cc6nccnc6[C@@](C)(CO)[C@@H]5CC[C@]43C)[C@@H]2C1. The molecule has 0 unspecified atom stereocenters. The average molecular weight is 653 g/mol. The summed E-state index contributed by atoms with van der Waals surface area (Å²) in [7, 11) is 0. The van der Waals surface area contributed by atoms with Gasteiger partial charge in [-0.05, 0) is 97.2 Å². The van der Waals surface area contributed by atoms with Crippen molar-refractivity contribution in [2.75, 3.05) is 39.6 Å². The van der Waals surface area contributed by atoms with Crippen molar-refractivity contribution in [3.63, 3.8) is 0 Å². The lowest BCUT2D eigenvalue weighted by molar-refractivity contribution is -0.185. The largest absolute Gasteiger partial charge is 0.461 e. The number of aliphatic hydroxyl groups excluding tert-OH is 2. The Morgan fingerprint density at radius 1 is 0.894 bits per heavy atom. The zero-order valence-corrected chi connectivity index (χ0v) is 29.4. The minimum atomic E-state index is -0.648. The first-order valence-electron chi connectivity index (χ1n) is 17.8. The summed E-state index contributed by atoms with van der Waals surface area (Å²) in [5.74, 6) is -0.0896. The van der Waals surface area contributed by atoms with Crippen molar-refractivity contribution in [3.05, 3.63) is 35.4 Å². The monoisotopic (exact) mass is 652 g/mol. The minimum absolute atomic E-state index is 0.0119. The third-order valence-electron chi connectivity index (χ3n) is 14.3. The zero-order valence-electron chi connectivity index (χ0n) is 29.4. The molecule has 0 spiro atoms. The maximum Gasteiger partial charge on any atom is 0.344 e. The Hall–Kier alpha value is -2.36. The molecule has 1 aromatic heterocycles. The van der Waals surface area contributed by atoms with Gasteiger partial charge in [-0.15, -0.1) is 0 Å². The van der Waals surface area contributed by atoms with E-state index < -0.39 is 23.4 Å². The van der Waals surface area contributed by atoms with Crippen LogP contribution in [0, 0.1) is 44.8 Å². The lowest BCUT2D eigenvalue weighted by Gasteiger charge is -2.70. The summed E-state index contributed by atoms with van der Waals surface area (Å²) in [5, 5.41) is 19.7. The molecule has 2 N–H and O–H groups in total. The van der Waals surface area contributed by atoms with Crippen LogP contribution in [0.1, 0.15) is 104 Å². The lowest BCUT2D eigenvalue weighted by atomic mass is 9.33. The van der Waals surface area contributed by atoms with Gasteiger partial charge in [0.25, 0.3) is 0 Å². The van der Waals surface area contributed by atoms with E-state index in [2.05, 4.69) is 47.6 Å². The summed E-state index contributed by atoms with van der Waals surface area (Å²) < 4.78 is 16.2. The quantitative estimate of drug-likeness (QED) is 0.206. The fourth-order valence-electron chi connectivity index (χ4n) is 11.6. The van der Waals surface area contributed by atoms with Crippen LogP contribution >= 0.6 is 0 Å². The summed E-state index contributed by atoms with van der Waals surface area (Å²) in [6.07, 6.45) is 14.2. The van der Waals surface area contributed by atoms with Crippen LogP contribution in [-0.2, 0) is 35.6 Å². The van der Waals surface area contributed by atoms with Gasteiger partial charge in [0.15, 0.2) is 6.61 Å². The van der Waals surface area contributed by atoms with Gasteiger partial charge in [0, 0.05) is 17.8 Å². The van der Waals surface area contributed by atoms with Crippen LogP contribution in [0.2, 0.25) is 0 Å². The number of carbonyl (C=O) groups excluding carboxylic acids is 2. The standard InChI is InChI=1S/C38H56N2O7/c1-33(2)11-13-38(32(44)47-23-30(43)46-20-19-45-18-17-41)14-12-36(5)25(26(38)21-33)7-8-29-34(3)22-27-31(40-16-15-39-27)35(4,24-42)28(34)9-10-37(29,36)6/h7,15-16,26,28-29,41-42H,8-14,17-24H2,1-6H3/t26-,28+,29+,34-,35-,36+,37+,38-/m0/s1. The summed E-state index contributed by atoms with van der Waals surface area (Å²) in [6.45, 7) is 14.3. The first-order chi connectivity index (χ1) is 22.2. The Morgan fingerprint density at radius 3 is 2.38 bits per heavy atom. The van der Waals surface area contributed by atoms with Crippen molar-refractivity contribution in [1.29, 1.82) is 0 Å². The highest BCUT2D eigenvalue weighted by molar-refractivity contribution is 5.81. The molecule has 8 atom stereocenters. The summed E-state index contributed by atoms with van der Waals surface area (Å²) >= 11 is 0. The van der Waals surface area contributed by atoms with Crippen molar-refractivity contribution in [2.45, 2.75) is 105 Å². The predicted octanol–water partition coefficient (Wildman–Crippen LogP) is 5.36. The lowest BCUT2D eigenvalue weighted by Crippen LogP contribution is -2.65. The van der Waals surface area contributed by atoms with Crippen molar-refractivity contribution in [2.24, 2.45) is 44.8 Å². The molecule has 0 bridgehead atoms. The van der Waals surface area contributed by atoms with Gasteiger partial charge in [-0.1, -0.05) is 53.2 Å². The second-order valence-electron chi connectivity index (χ2n) is 17.1. The van der Waals surface area contributed by atoms with E-state index in [1.165, 1.54) is 5.57 Å². The number of ether oxygens (including phenoxy) is 3. The number of nitrogens with zero attached hydrogens (tertiary/aromatic N) is 2. The highest BCUT2D eigenvalue weighted by Crippen LogP contribution is 2.75. The second kappa shape index (κ2) is 12.2. The highest BCUT2D eigenvalue weighted by Gasteiger charge is 2.69. The number of aromatic nitrogens is 2. The molecule has 5 aliphatic carbocycles. The number of carbonyl (C=O) groups is 2. The highest BCUT2D eigenvalue weighted by atomic mass is 16.6. The van der Waals surface area contributed by atoms with E-state index in [9.17, 15) is 14.7 Å². The van der Waals surface area contributed by atoms with Crippen molar-refractivity contribution in [3.8, 4) is 0 Å². The first-order valence-corrected chi connectivity index (χ1v) is 17.8. The molecule has 0 aliphatic heterocycles. The van der Waals surface area contributed by atoms with Crippen LogP contribution in [0.5, 0.6) is 0 Å². The van der Waals surface area contributed by atoms with Gasteiger partial charge >= 0.3 is 11.9 Å². The number of rotatable bonds is 9. The smallest absolute Gasteiger partial charge is 0.344 e. The number of aliphatic hydroxyl groups is 2. The predicted molar refractivity (Wildman–Crippen MR) is 176 cm³/mol. The molecular formula is C38H56N2O7. The molecular weight excluding hydrogens is 596 g/mol. The molecule has 0 radical (unpaired) electrons. The Kier molecular flexibility index (Phi) is 8.96. The Morgan fingerprint density at radius 2 is 1.64 bits per heavy atom. The molecule has 1 heterocycles. The van der Waals surface area contributed by atoms with E-state index >= 15 is 0 Å². The van der Waals surface area contributed by atoms with E-state index in [1.807, 2.05) is 0 Å². The first kappa shape index (κ1) is 34.5. The Bertz CT molecular complexity index is 1410. The van der Waals surface area contributed by atoms with Crippen molar-refractivity contribution < 1.29 is 34.0 Å². The third-order valence-corrected chi connectivity index (χ3v) is 14.3. The normalized spacial score (nSPS) is 40.0. The summed E-state index contributed by atoms with van der Waals surface area (Å²) in [6, 6.07) is 0. The molecule has 9 heteroatoms. The van der Waals surface area contributed by atoms with Crippen LogP contribution in [0.15, 0.2) is 24.0 Å². The van der Waals surface area contributed by atoms with Crippen molar-refractivity contribution >= 4 is 11.9 Å². The van der Waals surface area contributed by atoms with E-state index in [4.69, 9.17) is 29.3 Å². The molecule has 0 amide bonds. The van der Waals surface area contributed by atoms with Crippen molar-refractivity contribution in [1.82, 2.24) is 9.97 Å². The molecule has 1 aromatic rings. The van der Waals surface area contributed by atoms with Crippen LogP contribution in [0.25, 0.3) is 0 Å². The molecule has 3 fully saturated rings. The number of hydrogen-bond donors (Lipinski definition) is 2. The number of allylic oxidation sites excluding steroid dienone is 2. The van der Waals surface area contributed by atoms with Gasteiger partial charge in [-0.3, -0.25) is 14.8 Å². The maximum absolute atomic E-state index is 14.1. The molecule has 5 aliphatic rings. The van der Waals surface area contributed by atoms with Gasteiger partial charge in [0.05, 0.1) is 43.2 Å². The molecule has 260 valence electrons. The van der Waals surface area contributed by atoms with Gasteiger partial charge in [-0.2, -0.15) is 0 Å². The van der Waals surface area contributed by atoms with Crippen LogP contribution in [0.4, 0.5) is 0 Å². The molecule has 47 heavy (non-hydrogen) atoms. The summed E-state index contributed by atoms with van der Waals surface area (Å²) in [4.78, 5) is 36.2. The zero-order chi connectivity index (χ0) is 33.9. The van der Waals surface area contributed by atoms with Gasteiger partial charge in [0.2, 0.25) is 0 Å². The Labute approximate surface area is 280 Å². The fourth-order valence-corrected chi connectivity index (χ4v) is 11.6. The van der Waals surface area contributed by atoms with E-state index in [0.29, 0.717) is 11.8 Å². The minimum Gasteiger partial charge on any atom is -0.461 e.